The van der Waals surface area contributed by atoms with Crippen molar-refractivity contribution in [2.45, 2.75) is 52.4 Å². The molecule has 0 bridgehead atoms. The second-order valence-corrected chi connectivity index (χ2v) is 10.7. The van der Waals surface area contributed by atoms with Crippen molar-refractivity contribution in [3.8, 4) is 0 Å². The number of ether oxygens (including phenoxy) is 1. The van der Waals surface area contributed by atoms with Crippen molar-refractivity contribution in [3.63, 3.8) is 0 Å². The monoisotopic (exact) mass is 536 g/mol. The summed E-state index contributed by atoms with van der Waals surface area (Å²) in [6, 6.07) is 4.87. The number of amides is 1. The van der Waals surface area contributed by atoms with Crippen molar-refractivity contribution in [2.75, 3.05) is 56.2 Å². The Morgan fingerprint density at radius 1 is 1.05 bits per heavy atom. The Morgan fingerprint density at radius 3 is 2.24 bits per heavy atom. The van der Waals surface area contributed by atoms with E-state index in [1.807, 2.05) is 19.0 Å². The van der Waals surface area contributed by atoms with Crippen LogP contribution < -0.4 is 15.5 Å². The number of rotatable bonds is 4. The molecule has 1 aromatic carbocycles. The zero-order valence-corrected chi connectivity index (χ0v) is 22.5. The van der Waals surface area contributed by atoms with Crippen molar-refractivity contribution < 1.29 is 22.7 Å². The number of halogens is 3. The van der Waals surface area contributed by atoms with E-state index < -0.39 is 23.4 Å². The van der Waals surface area contributed by atoms with Gasteiger partial charge in [-0.15, -0.1) is 0 Å². The second kappa shape index (κ2) is 10.5. The van der Waals surface area contributed by atoms with Gasteiger partial charge in [-0.25, -0.2) is 9.78 Å². The number of carbonyl (C=O) groups excluding carboxylic acids is 1. The maximum absolute atomic E-state index is 14.0. The number of piperazine rings is 1. The molecular weight excluding hydrogens is 501 g/mol. The molecular formula is C26H35F3N6O3. The molecule has 0 radical (unpaired) electrons. The first-order chi connectivity index (χ1) is 17.8. The van der Waals surface area contributed by atoms with Crippen molar-refractivity contribution in [2.24, 2.45) is 0 Å². The van der Waals surface area contributed by atoms with Crippen molar-refractivity contribution >= 4 is 17.7 Å². The normalized spacial score (nSPS) is 16.8. The van der Waals surface area contributed by atoms with Crippen LogP contribution in [0.25, 0.3) is 0 Å². The van der Waals surface area contributed by atoms with Crippen molar-refractivity contribution in [1.29, 1.82) is 0 Å². The highest BCUT2D eigenvalue weighted by molar-refractivity contribution is 5.68. The molecule has 1 fully saturated rings. The minimum absolute atomic E-state index is 0.0799. The molecule has 0 aliphatic carbocycles. The number of likely N-dealkylation sites (N-methyl/N-ethyl adjacent to an activating group) is 1. The van der Waals surface area contributed by atoms with Gasteiger partial charge in [0.1, 0.15) is 5.60 Å². The summed E-state index contributed by atoms with van der Waals surface area (Å²) >= 11 is 0. The largest absolute Gasteiger partial charge is 0.444 e. The molecule has 208 valence electrons. The fraction of sp³-hybridized carbons (Fsp3) is 0.577. The maximum Gasteiger partial charge on any atom is 0.416 e. The Kier molecular flexibility index (Phi) is 7.64. The number of carbonyl (C=O) groups is 1. The molecule has 2 aliphatic rings. The number of anilines is 2. The van der Waals surface area contributed by atoms with E-state index in [-0.39, 0.29) is 12.1 Å². The second-order valence-electron chi connectivity index (χ2n) is 10.7. The zero-order valence-electron chi connectivity index (χ0n) is 22.5. The van der Waals surface area contributed by atoms with Crippen molar-refractivity contribution in [1.82, 2.24) is 19.5 Å². The average Bonchev–Trinajstić information content (AvgIpc) is 2.84. The molecule has 9 nitrogen and oxygen atoms in total. The molecule has 3 heterocycles. The minimum atomic E-state index is -4.44. The molecule has 2 aromatic rings. The van der Waals surface area contributed by atoms with Gasteiger partial charge in [-0.3, -0.25) is 4.79 Å². The molecule has 4 rings (SSSR count). The minimum Gasteiger partial charge on any atom is -0.444 e. The van der Waals surface area contributed by atoms with Gasteiger partial charge in [0.15, 0.2) is 0 Å². The Balaban J connectivity index is 1.77. The summed E-state index contributed by atoms with van der Waals surface area (Å²) in [4.78, 5) is 37.1. The lowest BCUT2D eigenvalue weighted by Gasteiger charge is -2.38. The number of hydrogen-bond donors (Lipinski definition) is 0. The summed E-state index contributed by atoms with van der Waals surface area (Å²) < 4.78 is 46.5. The van der Waals surface area contributed by atoms with E-state index in [0.29, 0.717) is 55.5 Å². The fourth-order valence-electron chi connectivity index (χ4n) is 4.63. The van der Waals surface area contributed by atoms with Gasteiger partial charge in [-0.2, -0.15) is 17.8 Å². The van der Waals surface area contributed by atoms with Crippen LogP contribution in [0.15, 0.2) is 29.1 Å². The molecule has 0 spiro atoms. The lowest BCUT2D eigenvalue weighted by atomic mass is 10.1. The number of hydrogen-bond acceptors (Lipinski definition) is 7. The summed E-state index contributed by atoms with van der Waals surface area (Å²) in [7, 11) is 2.01. The van der Waals surface area contributed by atoms with Crippen LogP contribution in [-0.4, -0.2) is 77.5 Å². The molecule has 1 aromatic heterocycles. The van der Waals surface area contributed by atoms with Crippen LogP contribution in [0.4, 0.5) is 29.6 Å². The Hall–Kier alpha value is -3.28. The molecule has 38 heavy (non-hydrogen) atoms. The van der Waals surface area contributed by atoms with Gasteiger partial charge in [0.25, 0.3) is 5.56 Å². The van der Waals surface area contributed by atoms with Crippen LogP contribution in [0.1, 0.15) is 44.5 Å². The van der Waals surface area contributed by atoms with Crippen LogP contribution in [0, 0.1) is 0 Å². The predicted octanol–water partition coefficient (Wildman–Crippen LogP) is 3.60. The van der Waals surface area contributed by atoms with E-state index in [0.717, 1.165) is 25.2 Å². The maximum atomic E-state index is 14.0. The molecule has 0 saturated carbocycles. The van der Waals surface area contributed by atoms with Crippen LogP contribution in [0.2, 0.25) is 0 Å². The number of benzene rings is 1. The van der Waals surface area contributed by atoms with Gasteiger partial charge >= 0.3 is 12.3 Å². The van der Waals surface area contributed by atoms with E-state index in [1.54, 1.807) is 25.7 Å². The van der Waals surface area contributed by atoms with Crippen LogP contribution >= 0.6 is 0 Å². The molecule has 2 aliphatic heterocycles. The third-order valence-corrected chi connectivity index (χ3v) is 6.67. The summed E-state index contributed by atoms with van der Waals surface area (Å²) in [5.74, 6) is 0.353. The summed E-state index contributed by atoms with van der Waals surface area (Å²) in [6.45, 7) is 10.7. The van der Waals surface area contributed by atoms with Gasteiger partial charge in [0, 0.05) is 51.4 Å². The summed E-state index contributed by atoms with van der Waals surface area (Å²) in [5, 5.41) is 1.92. The van der Waals surface area contributed by atoms with E-state index in [9.17, 15) is 22.8 Å². The third kappa shape index (κ3) is 5.90. The Bertz CT molecular complexity index is 1210. The fourth-order valence-corrected chi connectivity index (χ4v) is 4.63. The first-order valence-corrected chi connectivity index (χ1v) is 12.8. The van der Waals surface area contributed by atoms with Gasteiger partial charge in [0.05, 0.1) is 23.4 Å². The van der Waals surface area contributed by atoms with Gasteiger partial charge in [-0.1, -0.05) is 0 Å². The lowest BCUT2D eigenvalue weighted by molar-refractivity contribution is -0.137. The molecule has 0 atom stereocenters. The predicted molar refractivity (Wildman–Crippen MR) is 138 cm³/mol. The van der Waals surface area contributed by atoms with Crippen LogP contribution in [0.3, 0.4) is 0 Å². The van der Waals surface area contributed by atoms with Gasteiger partial charge in [0.2, 0.25) is 5.95 Å². The smallest absolute Gasteiger partial charge is 0.416 e. The quantitative estimate of drug-likeness (QED) is 0.591. The Labute approximate surface area is 220 Å². The van der Waals surface area contributed by atoms with E-state index in [4.69, 9.17) is 9.72 Å². The summed E-state index contributed by atoms with van der Waals surface area (Å²) in [6.07, 6.45) is -4.57. The van der Waals surface area contributed by atoms with Gasteiger partial charge < -0.3 is 24.4 Å². The van der Waals surface area contributed by atoms with E-state index in [1.165, 1.54) is 21.7 Å². The van der Waals surface area contributed by atoms with E-state index in [2.05, 4.69) is 4.90 Å². The number of aromatic nitrogens is 2. The molecule has 1 amide bonds. The summed E-state index contributed by atoms with van der Waals surface area (Å²) in [5.41, 5.74) is -0.180. The molecule has 12 heteroatoms. The third-order valence-electron chi connectivity index (χ3n) is 6.67. The topological polar surface area (TPSA) is 74.2 Å². The molecule has 0 N–H and O–H groups in total. The average molecular weight is 537 g/mol. The highest BCUT2D eigenvalue weighted by Gasteiger charge is 2.33. The van der Waals surface area contributed by atoms with Crippen molar-refractivity contribution in [3.05, 3.63) is 51.4 Å². The Morgan fingerprint density at radius 2 is 1.68 bits per heavy atom. The highest BCUT2D eigenvalue weighted by Crippen LogP contribution is 2.32. The highest BCUT2D eigenvalue weighted by atomic mass is 19.4. The SMILES string of the molecule is CCN(c1ccc(C(F)(F)F)cc1)c1nc2c(c(=O)n1N1CCN(C)CC1)CN(C(=O)OC(C)(C)C)CC2. The number of nitrogens with zero attached hydrogens (tertiary/aromatic N) is 6. The van der Waals surface area contributed by atoms with Crippen LogP contribution in [0.5, 0.6) is 0 Å². The standard InChI is InChI=1S/C26H35F3N6O3/c1-6-34(19-9-7-18(8-10-19)26(27,28)29)23-30-21-11-12-32(24(37)38-25(2,3)4)17-20(21)22(36)35(23)33-15-13-31(5)14-16-33/h7-10H,6,11-17H2,1-5H3. The number of fused-ring (bicyclic) bond motifs is 1. The van der Waals surface area contributed by atoms with Crippen LogP contribution in [-0.2, 0) is 23.9 Å². The number of alkyl halides is 3. The van der Waals surface area contributed by atoms with Gasteiger partial charge in [-0.05, 0) is 59.0 Å². The molecule has 1 saturated heterocycles. The first kappa shape index (κ1) is 27.7. The molecule has 0 unspecified atom stereocenters. The van der Waals surface area contributed by atoms with E-state index >= 15 is 0 Å². The lowest BCUT2D eigenvalue weighted by Crippen LogP contribution is -2.55. The first-order valence-electron chi connectivity index (χ1n) is 12.8. The zero-order chi connectivity index (χ0) is 27.8.